The Bertz CT molecular complexity index is 420. The van der Waals surface area contributed by atoms with Gasteiger partial charge < -0.3 is 46.0 Å². The molecule has 0 fully saturated rings. The van der Waals surface area contributed by atoms with Crippen LogP contribution in [0.5, 0.6) is 0 Å². The second-order valence-electron chi connectivity index (χ2n) is 4.52. The van der Waals surface area contributed by atoms with E-state index in [4.69, 9.17) is 46.0 Å². The third-order valence-electron chi connectivity index (χ3n) is 2.20. The summed E-state index contributed by atoms with van der Waals surface area (Å²) in [4.78, 5) is 27.8. The molecule has 0 unspecified atom stereocenters. The summed E-state index contributed by atoms with van der Waals surface area (Å²) in [6.45, 7) is 10.6. The SMILES string of the molecule is C=CC(=O)O.C=CC(=O)O.C=CC(=O)O.CC(C)(C(O)(O)O)C(O)(O)O. The van der Waals surface area contributed by atoms with Gasteiger partial charge in [0.25, 0.3) is 11.9 Å². The van der Waals surface area contributed by atoms with Gasteiger partial charge in [-0.3, -0.25) is 0 Å². The molecule has 0 aromatic heterocycles. The summed E-state index contributed by atoms with van der Waals surface area (Å²) in [7, 11) is 0. The molecule has 12 nitrogen and oxygen atoms in total. The highest BCUT2D eigenvalue weighted by molar-refractivity contribution is 5.79. The number of carboxylic acid groups (broad SMARTS) is 3. The zero-order chi connectivity index (χ0) is 22.4. The van der Waals surface area contributed by atoms with Crippen molar-refractivity contribution in [3.8, 4) is 0 Å². The Hall–Kier alpha value is -2.61. The van der Waals surface area contributed by atoms with Crippen molar-refractivity contribution in [3.63, 3.8) is 0 Å². The monoisotopic (exact) mass is 384 g/mol. The van der Waals surface area contributed by atoms with Crippen molar-refractivity contribution in [2.24, 2.45) is 5.41 Å². The van der Waals surface area contributed by atoms with Gasteiger partial charge in [0.1, 0.15) is 5.41 Å². The lowest BCUT2D eigenvalue weighted by Crippen LogP contribution is -2.59. The molecule has 0 saturated heterocycles. The molecule has 0 aliphatic carbocycles. The van der Waals surface area contributed by atoms with E-state index in [1.165, 1.54) is 0 Å². The fourth-order valence-electron chi connectivity index (χ4n) is 0.225. The van der Waals surface area contributed by atoms with Crippen LogP contribution in [0.2, 0.25) is 0 Å². The number of aliphatic hydroxyl groups is 6. The lowest BCUT2D eigenvalue weighted by atomic mass is 9.87. The second kappa shape index (κ2) is 13.7. The van der Waals surface area contributed by atoms with E-state index in [0.717, 1.165) is 32.1 Å². The highest BCUT2D eigenvalue weighted by atomic mass is 16.7. The first-order chi connectivity index (χ1) is 11.3. The van der Waals surface area contributed by atoms with Crippen LogP contribution in [-0.4, -0.2) is 75.8 Å². The largest absolute Gasteiger partial charge is 0.478 e. The Morgan fingerprint density at radius 3 is 0.731 bits per heavy atom. The zero-order valence-electron chi connectivity index (χ0n) is 14.1. The minimum absolute atomic E-state index is 0.833. The highest BCUT2D eigenvalue weighted by Crippen LogP contribution is 2.34. The maximum Gasteiger partial charge on any atom is 0.327 e. The first-order valence-electron chi connectivity index (χ1n) is 6.22. The van der Waals surface area contributed by atoms with Gasteiger partial charge in [0.2, 0.25) is 0 Å². The predicted molar refractivity (Wildman–Crippen MR) is 86.1 cm³/mol. The quantitative estimate of drug-likeness (QED) is 0.186. The van der Waals surface area contributed by atoms with Crippen LogP contribution in [0.25, 0.3) is 0 Å². The molecule has 0 aliphatic rings. The normalized spacial score (nSPS) is 10.2. The van der Waals surface area contributed by atoms with Crippen LogP contribution >= 0.6 is 0 Å². The Morgan fingerprint density at radius 1 is 0.615 bits per heavy atom. The fraction of sp³-hybridized carbons (Fsp3) is 0.357. The molecular weight excluding hydrogens is 360 g/mol. The summed E-state index contributed by atoms with van der Waals surface area (Å²) in [6.07, 6.45) is 2.50. The van der Waals surface area contributed by atoms with Gasteiger partial charge in [0, 0.05) is 18.2 Å². The van der Waals surface area contributed by atoms with E-state index in [2.05, 4.69) is 19.7 Å². The minimum atomic E-state index is -3.37. The number of carboxylic acids is 3. The zero-order valence-corrected chi connectivity index (χ0v) is 14.1. The number of carbonyl (C=O) groups is 3. The van der Waals surface area contributed by atoms with Crippen LogP contribution in [0.1, 0.15) is 13.8 Å². The molecular formula is C14H24O12. The molecule has 0 aliphatic heterocycles. The van der Waals surface area contributed by atoms with Gasteiger partial charge in [-0.05, 0) is 13.8 Å². The molecule has 9 N–H and O–H groups in total. The van der Waals surface area contributed by atoms with Crippen LogP contribution in [0.4, 0.5) is 0 Å². The molecule has 0 heterocycles. The van der Waals surface area contributed by atoms with Crippen molar-refractivity contribution in [2.75, 3.05) is 0 Å². The van der Waals surface area contributed by atoms with Gasteiger partial charge in [-0.15, -0.1) is 0 Å². The predicted octanol–water partition coefficient (Wildman–Crippen LogP) is -1.95. The lowest BCUT2D eigenvalue weighted by Gasteiger charge is -2.38. The fourth-order valence-corrected chi connectivity index (χ4v) is 0.225. The van der Waals surface area contributed by atoms with E-state index in [1.54, 1.807) is 0 Å². The van der Waals surface area contributed by atoms with Crippen molar-refractivity contribution in [3.05, 3.63) is 38.0 Å². The van der Waals surface area contributed by atoms with Crippen molar-refractivity contribution in [1.29, 1.82) is 0 Å². The van der Waals surface area contributed by atoms with Crippen LogP contribution in [0, 0.1) is 5.41 Å². The van der Waals surface area contributed by atoms with E-state index >= 15 is 0 Å². The molecule has 12 heteroatoms. The number of hydrogen-bond acceptors (Lipinski definition) is 9. The van der Waals surface area contributed by atoms with Crippen LogP contribution in [0.15, 0.2) is 38.0 Å². The van der Waals surface area contributed by atoms with E-state index in [0.29, 0.717) is 0 Å². The Morgan fingerprint density at radius 2 is 0.731 bits per heavy atom. The smallest absolute Gasteiger partial charge is 0.327 e. The van der Waals surface area contributed by atoms with Gasteiger partial charge >= 0.3 is 17.9 Å². The Kier molecular flexibility index (Phi) is 16.4. The van der Waals surface area contributed by atoms with Gasteiger partial charge in [-0.25, -0.2) is 14.4 Å². The average molecular weight is 384 g/mol. The lowest BCUT2D eigenvalue weighted by molar-refractivity contribution is -0.472. The molecule has 0 spiro atoms. The third kappa shape index (κ3) is 19.4. The standard InChI is InChI=1S/C5H12O6.3C3H4O2/c1-3(2,4(6,7)8)5(9,10)11;3*1-2-3(4)5/h6-11H,1-2H3;3*2H,1H2,(H,4,5). The molecule has 0 aromatic rings. The van der Waals surface area contributed by atoms with E-state index in [9.17, 15) is 14.4 Å². The van der Waals surface area contributed by atoms with Crippen molar-refractivity contribution >= 4 is 17.9 Å². The molecule has 0 atom stereocenters. The van der Waals surface area contributed by atoms with Gasteiger partial charge in [0.15, 0.2) is 0 Å². The molecule has 0 radical (unpaired) electrons. The third-order valence-corrected chi connectivity index (χ3v) is 2.20. The summed E-state index contributed by atoms with van der Waals surface area (Å²) in [6, 6.07) is 0. The topological polar surface area (TPSA) is 233 Å². The number of rotatable bonds is 5. The van der Waals surface area contributed by atoms with E-state index in [1.807, 2.05) is 0 Å². The summed E-state index contributed by atoms with van der Waals surface area (Å²) >= 11 is 0. The van der Waals surface area contributed by atoms with E-state index in [-0.39, 0.29) is 0 Å². The molecule has 152 valence electrons. The first kappa shape index (κ1) is 31.2. The highest BCUT2D eigenvalue weighted by Gasteiger charge is 2.55. The maximum absolute atomic E-state index is 9.25. The Labute approximate surface area is 148 Å². The molecule has 0 amide bonds. The van der Waals surface area contributed by atoms with E-state index < -0.39 is 35.3 Å². The van der Waals surface area contributed by atoms with Crippen molar-refractivity contribution in [1.82, 2.24) is 0 Å². The van der Waals surface area contributed by atoms with Crippen molar-refractivity contribution in [2.45, 2.75) is 25.8 Å². The summed E-state index contributed by atoms with van der Waals surface area (Å²) in [5.41, 5.74) is -2.29. The van der Waals surface area contributed by atoms with Crippen LogP contribution in [0.3, 0.4) is 0 Å². The molecule has 26 heavy (non-hydrogen) atoms. The summed E-state index contributed by atoms with van der Waals surface area (Å²) in [5, 5.41) is 73.9. The minimum Gasteiger partial charge on any atom is -0.478 e. The molecule has 0 rings (SSSR count). The van der Waals surface area contributed by atoms with Gasteiger partial charge in [-0.2, -0.15) is 0 Å². The van der Waals surface area contributed by atoms with Gasteiger partial charge in [-0.1, -0.05) is 19.7 Å². The average Bonchev–Trinajstić information content (AvgIpc) is 2.46. The van der Waals surface area contributed by atoms with Crippen LogP contribution in [-0.2, 0) is 14.4 Å². The summed E-state index contributed by atoms with van der Waals surface area (Å²) in [5.74, 6) is -9.68. The molecule has 0 saturated carbocycles. The molecule has 0 aromatic carbocycles. The molecule has 0 bridgehead atoms. The van der Waals surface area contributed by atoms with Gasteiger partial charge in [0.05, 0.1) is 0 Å². The maximum atomic E-state index is 9.25. The number of aliphatic carboxylic acids is 3. The van der Waals surface area contributed by atoms with Crippen molar-refractivity contribution < 1.29 is 60.3 Å². The second-order valence-corrected chi connectivity index (χ2v) is 4.52. The first-order valence-corrected chi connectivity index (χ1v) is 6.22. The van der Waals surface area contributed by atoms with Crippen LogP contribution < -0.4 is 0 Å². The summed E-state index contributed by atoms with van der Waals surface area (Å²) < 4.78 is 0. The number of hydrogen-bond donors (Lipinski definition) is 9. The Balaban J connectivity index is -0.000000136.